The fourth-order valence-electron chi connectivity index (χ4n) is 8.85. The minimum atomic E-state index is -3.37. The highest BCUT2D eigenvalue weighted by molar-refractivity contribution is 7.77. The Morgan fingerprint density at radius 3 is 0.557 bits per heavy atom. The van der Waals surface area contributed by atoms with Gasteiger partial charge in [-0.25, -0.2) is 0 Å². The predicted octanol–water partition coefficient (Wildman–Crippen LogP) is 15.0. The summed E-state index contributed by atoms with van der Waals surface area (Å²) in [4.78, 5) is 25.4. The van der Waals surface area contributed by atoms with Crippen LogP contribution in [0.2, 0.25) is 0 Å². The first-order chi connectivity index (χ1) is 29.2. The maximum atomic E-state index is 10.7. The molecule has 6 nitrogen and oxygen atoms in total. The average Bonchev–Trinajstić information content (AvgIpc) is 3.25. The molecule has 0 aliphatic rings. The molecule has 0 rings (SSSR count). The Hall–Kier alpha value is 1.48. The van der Waals surface area contributed by atoms with Gasteiger partial charge in [-0.2, -0.15) is 0 Å². The molecule has 0 saturated heterocycles. The van der Waals surface area contributed by atoms with E-state index in [-0.39, 0.29) is 17.5 Å². The zero-order valence-corrected chi connectivity index (χ0v) is 47.1. The third-order valence-corrected chi connectivity index (χ3v) is 29.1. The van der Waals surface area contributed by atoms with Gasteiger partial charge in [0.25, 0.3) is 0 Å². The van der Waals surface area contributed by atoms with E-state index in [1.165, 1.54) is 210 Å². The van der Waals surface area contributed by atoms with Crippen LogP contribution in [0.25, 0.3) is 0 Å². The zero-order valence-electron chi connectivity index (χ0n) is 43.5. The molecular weight excluding hydrogens is 832 g/mol. The van der Waals surface area contributed by atoms with Crippen LogP contribution in [0.4, 0.5) is 0 Å². The van der Waals surface area contributed by atoms with Gasteiger partial charge in [-0.15, -0.1) is 0 Å². The Kier molecular flexibility index (Phi) is 55.9. The molecule has 0 bridgehead atoms. The summed E-state index contributed by atoms with van der Waals surface area (Å²) in [6.45, 7) is 27.3. The first-order valence-corrected chi connectivity index (χ1v) is 35.0. The molecule has 0 aromatic rings. The van der Waals surface area contributed by atoms with E-state index >= 15 is 0 Å². The van der Waals surface area contributed by atoms with Crippen molar-refractivity contribution in [1.82, 2.24) is 0 Å². The summed E-state index contributed by atoms with van der Waals surface area (Å²) in [5.41, 5.74) is 0. The summed E-state index contributed by atoms with van der Waals surface area (Å²) in [6.07, 6.45) is 46.1. The number of aliphatic hydroxyl groups is 3. The lowest BCUT2D eigenvalue weighted by atomic mass is 10.3. The molecule has 61 heavy (non-hydrogen) atoms. The van der Waals surface area contributed by atoms with Gasteiger partial charge < -0.3 is 38.6 Å². The van der Waals surface area contributed by atoms with Crippen molar-refractivity contribution in [3.63, 3.8) is 0 Å². The second-order valence-corrected chi connectivity index (χ2v) is 32.4. The van der Waals surface area contributed by atoms with E-state index in [1.54, 1.807) is 0 Å². The molecule has 0 aliphatic carbocycles. The summed E-state index contributed by atoms with van der Waals surface area (Å²) < 4.78 is 0. The number of rotatable bonds is 39. The molecule has 10 heteroatoms. The molecular formula is C51H114O6P4. The predicted molar refractivity (Wildman–Crippen MR) is 282 cm³/mol. The van der Waals surface area contributed by atoms with Gasteiger partial charge in [0.15, 0.2) is 17.5 Å². The Bertz CT molecular complexity index is 706. The lowest BCUT2D eigenvalue weighted by Gasteiger charge is -2.39. The summed E-state index contributed by atoms with van der Waals surface area (Å²) >= 11 is 0. The fourth-order valence-corrected chi connectivity index (χ4v) is 21.8. The van der Waals surface area contributed by atoms with Crippen molar-refractivity contribution in [3.8, 4) is 0 Å². The Balaban J connectivity index is -0.000000381. The molecule has 3 N–H and O–H groups in total. The molecule has 0 aromatic heterocycles. The molecule has 0 amide bonds. The topological polar surface area (TPSA) is 130 Å². The van der Waals surface area contributed by atoms with Gasteiger partial charge in [0.2, 0.25) is 0 Å². The second kappa shape index (κ2) is 49.4. The van der Waals surface area contributed by atoms with Crippen molar-refractivity contribution in [2.45, 2.75) is 274 Å². The molecule has 3 unspecified atom stereocenters. The molecule has 0 heterocycles. The van der Waals surface area contributed by atoms with Crippen LogP contribution in [0.5, 0.6) is 0 Å². The monoisotopic (exact) mass is 947 g/mol. The van der Waals surface area contributed by atoms with Crippen LogP contribution < -0.4 is 14.7 Å². The van der Waals surface area contributed by atoms with Crippen LogP contribution >= 0.6 is 30.4 Å². The lowest BCUT2D eigenvalue weighted by Crippen LogP contribution is -2.21. The van der Waals surface area contributed by atoms with E-state index < -0.39 is 30.4 Å². The van der Waals surface area contributed by atoms with Gasteiger partial charge in [-0.1, -0.05) is 159 Å². The van der Waals surface area contributed by atoms with E-state index in [2.05, 4.69) is 83.1 Å². The summed E-state index contributed by atoms with van der Waals surface area (Å²) in [6, 6.07) is 0. The third kappa shape index (κ3) is 37.2. The zero-order chi connectivity index (χ0) is 47.3. The standard InChI is InChI=1S/3C17H38OP.O3P/c3*1-5-9-12-15-19(8-4,16-13-10-6-2)17(18)14-11-7-3;1-4(2)3/h3*17-18H,5-16H2,1-4H3;/q3*+1;-3. The number of aliphatic hydroxyl groups excluding tert-OH is 3. The first-order valence-electron chi connectivity index (χ1n) is 26.7. The van der Waals surface area contributed by atoms with E-state index in [4.69, 9.17) is 14.7 Å². The minimum Gasteiger partial charge on any atom is -0.854 e. The van der Waals surface area contributed by atoms with Gasteiger partial charge >= 0.3 is 0 Å². The number of unbranched alkanes of at least 4 members (excludes halogenated alkanes) is 15. The molecule has 0 radical (unpaired) electrons. The Morgan fingerprint density at radius 2 is 0.443 bits per heavy atom. The molecule has 0 aliphatic heterocycles. The van der Waals surface area contributed by atoms with Crippen LogP contribution in [0.3, 0.4) is 0 Å². The largest absolute Gasteiger partial charge is 0.854 e. The van der Waals surface area contributed by atoms with E-state index in [1.807, 2.05) is 0 Å². The number of hydrogen-bond donors (Lipinski definition) is 3. The first kappa shape index (κ1) is 69.1. The van der Waals surface area contributed by atoms with Crippen molar-refractivity contribution >= 4 is 30.4 Å². The van der Waals surface area contributed by atoms with Gasteiger partial charge in [0.05, 0.1) is 55.5 Å². The minimum absolute atomic E-state index is 0.0335. The summed E-state index contributed by atoms with van der Waals surface area (Å²) in [7, 11) is -6.68. The Morgan fingerprint density at radius 1 is 0.295 bits per heavy atom. The van der Waals surface area contributed by atoms with E-state index in [0.717, 1.165) is 19.3 Å². The van der Waals surface area contributed by atoms with E-state index in [0.29, 0.717) is 0 Å². The maximum Gasteiger partial charge on any atom is 0.164 e. The van der Waals surface area contributed by atoms with Crippen LogP contribution in [0.1, 0.15) is 256 Å². The fraction of sp³-hybridized carbons (Fsp3) is 1.00. The van der Waals surface area contributed by atoms with Gasteiger partial charge in [0.1, 0.15) is 0 Å². The lowest BCUT2D eigenvalue weighted by molar-refractivity contribution is -0.407. The van der Waals surface area contributed by atoms with Crippen molar-refractivity contribution < 1.29 is 30.0 Å². The molecule has 3 atom stereocenters. The van der Waals surface area contributed by atoms with Crippen LogP contribution in [-0.4, -0.2) is 88.3 Å². The maximum absolute atomic E-state index is 10.7. The molecule has 0 fully saturated rings. The van der Waals surface area contributed by atoms with Crippen molar-refractivity contribution in [3.05, 3.63) is 0 Å². The van der Waals surface area contributed by atoms with Crippen LogP contribution in [-0.2, 0) is 0 Å². The highest BCUT2D eigenvalue weighted by atomic mass is 31.2. The van der Waals surface area contributed by atoms with Crippen molar-refractivity contribution in [2.24, 2.45) is 0 Å². The number of hydrogen-bond acceptors (Lipinski definition) is 6. The SMILES string of the molecule is CCCCC[P+](CC)(CCCCC)C(O)CCCC.CCCCC[P+](CC)(CCCCC)C(O)CCCC.CCCCC[P+](CC)(CCCCC)C(O)CCCC.[O-]P([O-])[O-]. The second-order valence-electron chi connectivity index (χ2n) is 18.3. The van der Waals surface area contributed by atoms with Gasteiger partial charge in [0, 0.05) is 41.0 Å². The third-order valence-electron chi connectivity index (χ3n) is 13.5. The van der Waals surface area contributed by atoms with Gasteiger partial charge in [-0.3, -0.25) is 0 Å². The quantitative estimate of drug-likeness (QED) is 0.0416. The van der Waals surface area contributed by atoms with E-state index in [9.17, 15) is 15.3 Å². The average molecular weight is 947 g/mol. The van der Waals surface area contributed by atoms with Crippen molar-refractivity contribution in [1.29, 1.82) is 0 Å². The normalized spacial score (nSPS) is 13.4. The molecule has 374 valence electrons. The summed E-state index contributed by atoms with van der Waals surface area (Å²) in [5, 5.41) is 32.2. The Labute approximate surface area is 388 Å². The highest BCUT2D eigenvalue weighted by Crippen LogP contribution is 2.66. The molecule has 0 aromatic carbocycles. The highest BCUT2D eigenvalue weighted by Gasteiger charge is 2.43. The smallest absolute Gasteiger partial charge is 0.164 e. The van der Waals surface area contributed by atoms with Gasteiger partial charge in [-0.05, 0) is 78.6 Å². The molecule has 0 spiro atoms. The van der Waals surface area contributed by atoms with Crippen LogP contribution in [0.15, 0.2) is 0 Å². The van der Waals surface area contributed by atoms with Crippen molar-refractivity contribution in [2.75, 3.05) is 55.5 Å². The molecule has 0 saturated carbocycles. The summed E-state index contributed by atoms with van der Waals surface area (Å²) in [5.74, 6) is 0.100. The van der Waals surface area contributed by atoms with Crippen LogP contribution in [0, 0.1) is 0 Å².